The summed E-state index contributed by atoms with van der Waals surface area (Å²) in [6.07, 6.45) is 0.461. The van der Waals surface area contributed by atoms with Crippen molar-refractivity contribution in [2.45, 2.75) is 19.4 Å². The lowest BCUT2D eigenvalue weighted by Gasteiger charge is -2.25. The molecule has 1 amide bonds. The summed E-state index contributed by atoms with van der Waals surface area (Å²) >= 11 is 0. The van der Waals surface area contributed by atoms with Crippen molar-refractivity contribution < 1.29 is 19.1 Å². The molecular formula is C22H28N2O4. The van der Waals surface area contributed by atoms with Gasteiger partial charge in [0.2, 0.25) is 0 Å². The Morgan fingerprint density at radius 3 is 2.39 bits per heavy atom. The van der Waals surface area contributed by atoms with Crippen LogP contribution in [0.15, 0.2) is 48.5 Å². The fourth-order valence-corrected chi connectivity index (χ4v) is 2.80. The topological polar surface area (TPSA) is 67.9 Å². The molecule has 6 heteroatoms. The molecule has 0 aliphatic rings. The van der Waals surface area contributed by atoms with Gasteiger partial charge in [-0.1, -0.05) is 19.1 Å². The Morgan fingerprint density at radius 2 is 1.79 bits per heavy atom. The van der Waals surface area contributed by atoms with Gasteiger partial charge in [-0.15, -0.1) is 0 Å². The van der Waals surface area contributed by atoms with Crippen LogP contribution in [0, 0.1) is 0 Å². The first kappa shape index (κ1) is 21.4. The van der Waals surface area contributed by atoms with E-state index in [1.54, 1.807) is 31.4 Å². The first-order valence-corrected chi connectivity index (χ1v) is 9.27. The molecule has 0 saturated carbocycles. The molecule has 0 saturated heterocycles. The van der Waals surface area contributed by atoms with E-state index >= 15 is 0 Å². The minimum Gasteiger partial charge on any atom is -0.497 e. The molecule has 0 spiro atoms. The van der Waals surface area contributed by atoms with Crippen LogP contribution < -0.4 is 14.8 Å². The van der Waals surface area contributed by atoms with Crippen LogP contribution in [0.25, 0.3) is 0 Å². The number of likely N-dealkylation sites (N-methyl/N-ethyl adjacent to an activating group) is 1. The number of carbonyl (C=O) groups is 2. The van der Waals surface area contributed by atoms with Crippen molar-refractivity contribution in [2.75, 3.05) is 34.4 Å². The van der Waals surface area contributed by atoms with Crippen molar-refractivity contribution in [1.29, 1.82) is 0 Å². The van der Waals surface area contributed by atoms with Gasteiger partial charge < -0.3 is 19.7 Å². The number of carbonyl (C=O) groups excluding carboxylic acids is 2. The Balaban J connectivity index is 1.88. The maximum atomic E-state index is 12.2. The Kier molecular flexibility index (Phi) is 8.02. The van der Waals surface area contributed by atoms with Crippen molar-refractivity contribution in [3.05, 3.63) is 59.7 Å². The van der Waals surface area contributed by atoms with E-state index in [9.17, 15) is 9.59 Å². The van der Waals surface area contributed by atoms with Crippen molar-refractivity contribution >= 4 is 11.7 Å². The number of amides is 1. The first-order chi connectivity index (χ1) is 13.4. The normalized spacial score (nSPS) is 11.8. The monoisotopic (exact) mass is 384 g/mol. The van der Waals surface area contributed by atoms with E-state index in [2.05, 4.69) is 5.32 Å². The molecule has 150 valence electrons. The SMILES string of the molecule is CCC(=O)c1ccc(OCC(=O)NC[C@@H](c2cccc(OC)c2)N(C)C)cc1. The van der Waals surface area contributed by atoms with Gasteiger partial charge in [-0.25, -0.2) is 0 Å². The van der Waals surface area contributed by atoms with E-state index in [4.69, 9.17) is 9.47 Å². The molecule has 6 nitrogen and oxygen atoms in total. The molecule has 2 aromatic rings. The van der Waals surface area contributed by atoms with Gasteiger partial charge in [0.15, 0.2) is 12.4 Å². The van der Waals surface area contributed by atoms with Crippen LogP contribution in [-0.4, -0.2) is 50.9 Å². The lowest BCUT2D eigenvalue weighted by molar-refractivity contribution is -0.123. The number of hydrogen-bond donors (Lipinski definition) is 1. The highest BCUT2D eigenvalue weighted by molar-refractivity contribution is 5.95. The van der Waals surface area contributed by atoms with Gasteiger partial charge in [0, 0.05) is 18.5 Å². The molecule has 2 rings (SSSR count). The Morgan fingerprint density at radius 1 is 1.07 bits per heavy atom. The summed E-state index contributed by atoms with van der Waals surface area (Å²) in [7, 11) is 5.56. The Hall–Kier alpha value is -2.86. The van der Waals surface area contributed by atoms with Gasteiger partial charge in [-0.05, 0) is 56.1 Å². The van der Waals surface area contributed by atoms with Crippen molar-refractivity contribution in [2.24, 2.45) is 0 Å². The van der Waals surface area contributed by atoms with Crippen LogP contribution in [0.1, 0.15) is 35.3 Å². The molecule has 0 unspecified atom stereocenters. The zero-order valence-electron chi connectivity index (χ0n) is 16.9. The third-order valence-electron chi connectivity index (χ3n) is 4.46. The molecule has 1 N–H and O–H groups in total. The van der Waals surface area contributed by atoms with Gasteiger partial charge in [0.05, 0.1) is 13.2 Å². The van der Waals surface area contributed by atoms with E-state index in [0.717, 1.165) is 11.3 Å². The summed E-state index contributed by atoms with van der Waals surface area (Å²) in [6, 6.07) is 14.6. The van der Waals surface area contributed by atoms with Gasteiger partial charge >= 0.3 is 0 Å². The average molecular weight is 384 g/mol. The van der Waals surface area contributed by atoms with Crippen LogP contribution in [0.4, 0.5) is 0 Å². The third kappa shape index (κ3) is 6.09. The summed E-state index contributed by atoms with van der Waals surface area (Å²) in [6.45, 7) is 2.19. The number of nitrogens with zero attached hydrogens (tertiary/aromatic N) is 1. The molecule has 0 aliphatic carbocycles. The number of benzene rings is 2. The number of rotatable bonds is 10. The quantitative estimate of drug-likeness (QED) is 0.638. The summed E-state index contributed by atoms with van der Waals surface area (Å²) < 4.78 is 10.8. The second kappa shape index (κ2) is 10.5. The number of ether oxygens (including phenoxy) is 2. The number of ketones is 1. The number of hydrogen-bond acceptors (Lipinski definition) is 5. The summed E-state index contributed by atoms with van der Waals surface area (Å²) in [5.41, 5.74) is 1.70. The van der Waals surface area contributed by atoms with E-state index in [0.29, 0.717) is 24.3 Å². The molecule has 0 heterocycles. The van der Waals surface area contributed by atoms with Gasteiger partial charge in [0.1, 0.15) is 11.5 Å². The molecule has 0 bridgehead atoms. The minimum atomic E-state index is -0.205. The van der Waals surface area contributed by atoms with Crippen molar-refractivity contribution in [1.82, 2.24) is 10.2 Å². The zero-order chi connectivity index (χ0) is 20.5. The third-order valence-corrected chi connectivity index (χ3v) is 4.46. The highest BCUT2D eigenvalue weighted by Crippen LogP contribution is 2.22. The number of nitrogens with one attached hydrogen (secondary N) is 1. The molecule has 28 heavy (non-hydrogen) atoms. The van der Waals surface area contributed by atoms with Crippen LogP contribution >= 0.6 is 0 Å². The smallest absolute Gasteiger partial charge is 0.258 e. The average Bonchev–Trinajstić information content (AvgIpc) is 2.72. The predicted molar refractivity (Wildman–Crippen MR) is 109 cm³/mol. The lowest BCUT2D eigenvalue weighted by atomic mass is 10.1. The fourth-order valence-electron chi connectivity index (χ4n) is 2.80. The van der Waals surface area contributed by atoms with E-state index < -0.39 is 0 Å². The largest absolute Gasteiger partial charge is 0.497 e. The van der Waals surface area contributed by atoms with Gasteiger partial charge in [-0.2, -0.15) is 0 Å². The molecule has 0 radical (unpaired) electrons. The highest BCUT2D eigenvalue weighted by atomic mass is 16.5. The molecule has 0 aromatic heterocycles. The van der Waals surface area contributed by atoms with Crippen molar-refractivity contribution in [3.63, 3.8) is 0 Å². The summed E-state index contributed by atoms with van der Waals surface area (Å²) in [4.78, 5) is 25.9. The maximum absolute atomic E-state index is 12.2. The van der Waals surface area contributed by atoms with E-state index in [1.807, 2.05) is 50.2 Å². The van der Waals surface area contributed by atoms with Crippen LogP contribution in [-0.2, 0) is 4.79 Å². The molecule has 0 aliphatic heterocycles. The van der Waals surface area contributed by atoms with Crippen molar-refractivity contribution in [3.8, 4) is 11.5 Å². The maximum Gasteiger partial charge on any atom is 0.258 e. The molecule has 2 aromatic carbocycles. The van der Waals surface area contributed by atoms with E-state index in [1.165, 1.54) is 0 Å². The predicted octanol–water partition coefficient (Wildman–Crippen LogP) is 3.09. The van der Waals surface area contributed by atoms with Gasteiger partial charge in [-0.3, -0.25) is 9.59 Å². The molecule has 0 fully saturated rings. The minimum absolute atomic E-state index is 0.0124. The highest BCUT2D eigenvalue weighted by Gasteiger charge is 2.16. The fraction of sp³-hybridized carbons (Fsp3) is 0.364. The van der Waals surface area contributed by atoms with Crippen LogP contribution in [0.5, 0.6) is 11.5 Å². The standard InChI is InChI=1S/C22H28N2O4/c1-5-21(25)16-9-11-18(12-10-16)28-15-22(26)23-14-20(24(2)3)17-7-6-8-19(13-17)27-4/h6-13,20H,5,14-15H2,1-4H3,(H,23,26)/t20-/m0/s1. The Bertz CT molecular complexity index is 787. The second-order valence-electron chi connectivity index (χ2n) is 6.65. The zero-order valence-corrected chi connectivity index (χ0v) is 16.9. The lowest BCUT2D eigenvalue weighted by Crippen LogP contribution is -2.36. The number of Topliss-reactive ketones (excluding diaryl/α,β-unsaturated/α-hetero) is 1. The van der Waals surface area contributed by atoms with E-state index in [-0.39, 0.29) is 24.3 Å². The Labute approximate surface area is 166 Å². The van der Waals surface area contributed by atoms with Crippen LogP contribution in [0.3, 0.4) is 0 Å². The summed E-state index contributed by atoms with van der Waals surface area (Å²) in [5, 5.41) is 2.91. The van der Waals surface area contributed by atoms with Crippen LogP contribution in [0.2, 0.25) is 0 Å². The first-order valence-electron chi connectivity index (χ1n) is 9.27. The second-order valence-corrected chi connectivity index (χ2v) is 6.65. The summed E-state index contributed by atoms with van der Waals surface area (Å²) in [5.74, 6) is 1.21. The van der Waals surface area contributed by atoms with Gasteiger partial charge in [0.25, 0.3) is 5.91 Å². The molecular weight excluding hydrogens is 356 g/mol. The molecule has 1 atom stereocenters. The number of methoxy groups -OCH3 is 1.